The van der Waals surface area contributed by atoms with E-state index in [9.17, 15) is 4.79 Å². The Morgan fingerprint density at radius 1 is 1.00 bits per heavy atom. The molecule has 4 nitrogen and oxygen atoms in total. The van der Waals surface area contributed by atoms with Crippen molar-refractivity contribution in [2.45, 2.75) is 51.4 Å². The smallest absolute Gasteiger partial charge is 0.225 e. The second kappa shape index (κ2) is 10.6. The number of carbonyl (C=O) groups excluding carboxylic acids is 1. The molecule has 1 saturated carbocycles. The standard InChI is InChI=1S/C26H30N3OP/c30-25(16-11-19-7-3-1-4-8-19)29-26-23(17-20-9-5-2-6-10-20)28-24(18-27-26)21-12-14-22(31)15-13-21/h1,3-4,7-8,12-15,18,20H,2,5-6,9-11,16-17,31H2,(H,27,29,30). The van der Waals surface area contributed by atoms with Crippen molar-refractivity contribution < 1.29 is 4.79 Å². The monoisotopic (exact) mass is 431 g/mol. The second-order valence-corrected chi connectivity index (χ2v) is 9.08. The van der Waals surface area contributed by atoms with E-state index in [4.69, 9.17) is 4.98 Å². The van der Waals surface area contributed by atoms with Crippen LogP contribution in [0.2, 0.25) is 0 Å². The van der Waals surface area contributed by atoms with Crippen LogP contribution in [0.1, 0.15) is 49.8 Å². The van der Waals surface area contributed by atoms with Crippen LogP contribution in [0.4, 0.5) is 5.82 Å². The van der Waals surface area contributed by atoms with Crippen LogP contribution in [0.3, 0.4) is 0 Å². The second-order valence-electron chi connectivity index (χ2n) is 8.41. The molecule has 1 atom stereocenters. The number of hydrogen-bond acceptors (Lipinski definition) is 3. The molecule has 3 aromatic rings. The Hall–Kier alpha value is -2.58. The Bertz CT molecular complexity index is 999. The van der Waals surface area contributed by atoms with Crippen molar-refractivity contribution in [2.75, 3.05) is 5.32 Å². The van der Waals surface area contributed by atoms with E-state index in [1.165, 1.54) is 37.7 Å². The number of anilines is 1. The first-order chi connectivity index (χ1) is 15.2. The van der Waals surface area contributed by atoms with Gasteiger partial charge in [0.15, 0.2) is 5.82 Å². The molecule has 0 saturated heterocycles. The highest BCUT2D eigenvalue weighted by molar-refractivity contribution is 7.27. The Balaban J connectivity index is 1.51. The van der Waals surface area contributed by atoms with E-state index in [1.807, 2.05) is 18.2 Å². The average molecular weight is 432 g/mol. The van der Waals surface area contributed by atoms with Gasteiger partial charge in [-0.15, -0.1) is 9.24 Å². The summed E-state index contributed by atoms with van der Waals surface area (Å²) >= 11 is 0. The van der Waals surface area contributed by atoms with Gasteiger partial charge in [0.05, 0.1) is 17.6 Å². The number of benzene rings is 2. The van der Waals surface area contributed by atoms with Crippen molar-refractivity contribution >= 4 is 26.3 Å². The molecule has 0 spiro atoms. The number of hydrogen-bond donors (Lipinski definition) is 1. The van der Waals surface area contributed by atoms with Crippen LogP contribution in [0.15, 0.2) is 60.8 Å². The molecule has 0 bridgehead atoms. The van der Waals surface area contributed by atoms with Crippen LogP contribution in [0, 0.1) is 5.92 Å². The summed E-state index contributed by atoms with van der Waals surface area (Å²) in [6.07, 6.45) is 10.2. The molecule has 1 aliphatic rings. The lowest BCUT2D eigenvalue weighted by Crippen LogP contribution is -2.18. The summed E-state index contributed by atoms with van der Waals surface area (Å²) in [4.78, 5) is 22.2. The minimum Gasteiger partial charge on any atom is -0.309 e. The predicted octanol–water partition coefficient (Wildman–Crippen LogP) is 5.34. The molecule has 0 aliphatic heterocycles. The molecular weight excluding hydrogens is 401 g/mol. The molecule has 0 radical (unpaired) electrons. The molecule has 1 heterocycles. The maximum Gasteiger partial charge on any atom is 0.225 e. The third-order valence-electron chi connectivity index (χ3n) is 6.00. The number of aromatic nitrogens is 2. The summed E-state index contributed by atoms with van der Waals surface area (Å²) in [5.41, 5.74) is 3.98. The zero-order chi connectivity index (χ0) is 21.5. The van der Waals surface area contributed by atoms with E-state index < -0.39 is 0 Å². The Morgan fingerprint density at radius 3 is 2.48 bits per heavy atom. The van der Waals surface area contributed by atoms with Gasteiger partial charge in [0.2, 0.25) is 5.91 Å². The molecule has 160 valence electrons. The zero-order valence-corrected chi connectivity index (χ0v) is 19.0. The first-order valence-corrected chi connectivity index (χ1v) is 11.8. The number of amides is 1. The fourth-order valence-electron chi connectivity index (χ4n) is 4.23. The Labute approximate surface area is 187 Å². The van der Waals surface area contributed by atoms with Crippen LogP contribution in [0.25, 0.3) is 11.3 Å². The van der Waals surface area contributed by atoms with Gasteiger partial charge in [0, 0.05) is 12.0 Å². The van der Waals surface area contributed by atoms with Crippen molar-refractivity contribution in [3.63, 3.8) is 0 Å². The van der Waals surface area contributed by atoms with E-state index in [2.05, 4.69) is 55.9 Å². The van der Waals surface area contributed by atoms with E-state index >= 15 is 0 Å². The molecule has 1 unspecified atom stereocenters. The molecule has 1 aromatic heterocycles. The highest BCUT2D eigenvalue weighted by Crippen LogP contribution is 2.29. The Morgan fingerprint density at radius 2 is 1.74 bits per heavy atom. The van der Waals surface area contributed by atoms with E-state index in [1.54, 1.807) is 6.20 Å². The molecule has 1 N–H and O–H groups in total. The topological polar surface area (TPSA) is 54.9 Å². The maximum absolute atomic E-state index is 12.6. The van der Waals surface area contributed by atoms with Gasteiger partial charge in [-0.3, -0.25) is 4.79 Å². The molecule has 2 aromatic carbocycles. The summed E-state index contributed by atoms with van der Waals surface area (Å²) in [5, 5.41) is 4.18. The average Bonchev–Trinajstić information content (AvgIpc) is 2.81. The molecule has 1 aliphatic carbocycles. The molecular formula is C26H30N3OP. The first-order valence-electron chi connectivity index (χ1n) is 11.2. The van der Waals surface area contributed by atoms with Gasteiger partial charge < -0.3 is 5.32 Å². The lowest BCUT2D eigenvalue weighted by molar-refractivity contribution is -0.116. The van der Waals surface area contributed by atoms with Crippen molar-refractivity contribution in [1.29, 1.82) is 0 Å². The molecule has 1 fully saturated rings. The number of carbonyl (C=O) groups is 1. The lowest BCUT2D eigenvalue weighted by atomic mass is 9.86. The van der Waals surface area contributed by atoms with Gasteiger partial charge in [0.25, 0.3) is 0 Å². The van der Waals surface area contributed by atoms with Crippen LogP contribution in [-0.4, -0.2) is 15.9 Å². The number of rotatable bonds is 7. The zero-order valence-electron chi connectivity index (χ0n) is 17.9. The van der Waals surface area contributed by atoms with E-state index in [0.717, 1.165) is 35.1 Å². The quantitative estimate of drug-likeness (QED) is 0.514. The summed E-state index contributed by atoms with van der Waals surface area (Å²) in [6, 6.07) is 18.3. The molecule has 1 amide bonds. The summed E-state index contributed by atoms with van der Waals surface area (Å²) in [5.74, 6) is 1.23. The van der Waals surface area contributed by atoms with E-state index in [0.29, 0.717) is 18.2 Å². The number of aryl methyl sites for hydroxylation is 1. The minimum absolute atomic E-state index is 0.0110. The fourth-order valence-corrected chi connectivity index (χ4v) is 4.42. The summed E-state index contributed by atoms with van der Waals surface area (Å²) in [7, 11) is 2.71. The summed E-state index contributed by atoms with van der Waals surface area (Å²) < 4.78 is 0. The van der Waals surface area contributed by atoms with Crippen LogP contribution >= 0.6 is 9.24 Å². The highest BCUT2D eigenvalue weighted by atomic mass is 31.0. The van der Waals surface area contributed by atoms with Crippen LogP contribution in [-0.2, 0) is 17.6 Å². The molecule has 4 rings (SSSR count). The van der Waals surface area contributed by atoms with E-state index in [-0.39, 0.29) is 5.91 Å². The van der Waals surface area contributed by atoms with Crippen molar-refractivity contribution in [1.82, 2.24) is 9.97 Å². The van der Waals surface area contributed by atoms with Gasteiger partial charge >= 0.3 is 0 Å². The SMILES string of the molecule is O=C(CCc1ccccc1)Nc1ncc(-c2ccc(P)cc2)nc1CC1CCCCC1. The van der Waals surface area contributed by atoms with Gasteiger partial charge in [-0.1, -0.05) is 86.7 Å². The number of nitrogens with one attached hydrogen (secondary N) is 1. The molecule has 5 heteroatoms. The third kappa shape index (κ3) is 6.21. The number of nitrogens with zero attached hydrogens (tertiary/aromatic N) is 2. The fraction of sp³-hybridized carbons (Fsp3) is 0.346. The van der Waals surface area contributed by atoms with Gasteiger partial charge in [0.1, 0.15) is 0 Å². The lowest BCUT2D eigenvalue weighted by Gasteiger charge is -2.22. The van der Waals surface area contributed by atoms with Crippen molar-refractivity contribution in [3.8, 4) is 11.3 Å². The van der Waals surface area contributed by atoms with Gasteiger partial charge in [-0.2, -0.15) is 0 Å². The van der Waals surface area contributed by atoms with Gasteiger partial charge in [-0.25, -0.2) is 9.97 Å². The highest BCUT2D eigenvalue weighted by Gasteiger charge is 2.19. The van der Waals surface area contributed by atoms with Crippen LogP contribution in [0.5, 0.6) is 0 Å². The predicted molar refractivity (Wildman–Crippen MR) is 130 cm³/mol. The minimum atomic E-state index is -0.0110. The molecule has 31 heavy (non-hydrogen) atoms. The van der Waals surface area contributed by atoms with Crippen molar-refractivity contribution in [3.05, 3.63) is 72.1 Å². The Kier molecular flexibility index (Phi) is 7.43. The third-order valence-corrected chi connectivity index (χ3v) is 6.38. The van der Waals surface area contributed by atoms with Crippen LogP contribution < -0.4 is 10.6 Å². The van der Waals surface area contributed by atoms with Crippen molar-refractivity contribution in [2.24, 2.45) is 5.92 Å². The maximum atomic E-state index is 12.6. The summed E-state index contributed by atoms with van der Waals surface area (Å²) in [6.45, 7) is 0. The first kappa shape index (κ1) is 21.6. The largest absolute Gasteiger partial charge is 0.309 e. The van der Waals surface area contributed by atoms with Gasteiger partial charge in [-0.05, 0) is 29.6 Å². The normalized spacial score (nSPS) is 14.4.